The molecule has 3 aromatic rings. The van der Waals surface area contributed by atoms with E-state index in [9.17, 15) is 14.7 Å². The van der Waals surface area contributed by atoms with Gasteiger partial charge in [-0.05, 0) is 47.4 Å². The molecule has 0 heterocycles. The van der Waals surface area contributed by atoms with Crippen molar-refractivity contribution >= 4 is 23.5 Å². The van der Waals surface area contributed by atoms with Crippen LogP contribution < -0.4 is 4.74 Å². The summed E-state index contributed by atoms with van der Waals surface area (Å²) < 4.78 is 5.41. The zero-order valence-corrected chi connectivity index (χ0v) is 18.4. The molecule has 1 N–H and O–H groups in total. The molecule has 0 amide bonds. The van der Waals surface area contributed by atoms with Crippen molar-refractivity contribution in [1.82, 2.24) is 0 Å². The Morgan fingerprint density at radius 2 is 1.53 bits per heavy atom. The van der Waals surface area contributed by atoms with Crippen molar-refractivity contribution in [2.75, 3.05) is 0 Å². The van der Waals surface area contributed by atoms with Gasteiger partial charge in [0, 0.05) is 12.0 Å². The average Bonchev–Trinajstić information content (AvgIpc) is 2.80. The second-order valence-corrected chi connectivity index (χ2v) is 7.68. The predicted molar refractivity (Wildman–Crippen MR) is 124 cm³/mol. The van der Waals surface area contributed by atoms with Gasteiger partial charge in [-0.1, -0.05) is 67.8 Å². The lowest BCUT2D eigenvalue weighted by Crippen LogP contribution is -2.09. The highest BCUT2D eigenvalue weighted by molar-refractivity contribution is 6.35. The second-order valence-electron chi connectivity index (χ2n) is 7.30. The molecule has 0 aliphatic rings. The van der Waals surface area contributed by atoms with Crippen molar-refractivity contribution in [3.63, 3.8) is 0 Å². The molecule has 0 aliphatic carbocycles. The Hall–Kier alpha value is -3.62. The fraction of sp³-hybridized carbons (Fsp3) is 0.192. The first-order valence-corrected chi connectivity index (χ1v) is 10.7. The molecule has 0 atom stereocenters. The van der Waals surface area contributed by atoms with E-state index in [0.29, 0.717) is 16.7 Å². The van der Waals surface area contributed by atoms with Gasteiger partial charge in [0.1, 0.15) is 5.75 Å². The number of hydrogen-bond donors (Lipinski definition) is 1. The molecular weight excluding hydrogens is 426 g/mol. The second kappa shape index (κ2) is 10.6. The third-order valence-corrected chi connectivity index (χ3v) is 5.44. The first kappa shape index (κ1) is 23.1. The van der Waals surface area contributed by atoms with Crippen LogP contribution >= 0.6 is 11.6 Å². The summed E-state index contributed by atoms with van der Waals surface area (Å²) in [6.45, 7) is 2.05. The summed E-state index contributed by atoms with van der Waals surface area (Å²) in [5, 5.41) is 18.7. The number of rotatable bonds is 8. The predicted octanol–water partition coefficient (Wildman–Crippen LogP) is 6.73. The Morgan fingerprint density at radius 3 is 2.09 bits per heavy atom. The number of carbonyl (C=O) groups is 2. The summed E-state index contributed by atoms with van der Waals surface area (Å²) in [4.78, 5) is 23.9. The Labute approximate surface area is 191 Å². The van der Waals surface area contributed by atoms with E-state index in [1.165, 1.54) is 12.1 Å². The van der Waals surface area contributed by atoms with Crippen LogP contribution in [0.25, 0.3) is 22.3 Å². The normalized spacial score (nSPS) is 10.4. The van der Waals surface area contributed by atoms with E-state index in [-0.39, 0.29) is 22.8 Å². The number of hydrogen-bond acceptors (Lipinski definition) is 4. The van der Waals surface area contributed by atoms with Crippen LogP contribution in [0.5, 0.6) is 5.75 Å². The fourth-order valence-electron chi connectivity index (χ4n) is 3.36. The lowest BCUT2D eigenvalue weighted by Gasteiger charge is -2.14. The van der Waals surface area contributed by atoms with E-state index in [4.69, 9.17) is 21.6 Å². The van der Waals surface area contributed by atoms with Gasteiger partial charge in [0.25, 0.3) is 0 Å². The lowest BCUT2D eigenvalue weighted by molar-refractivity contribution is -0.134. The van der Waals surface area contributed by atoms with Gasteiger partial charge < -0.3 is 9.84 Å². The number of esters is 1. The Morgan fingerprint density at radius 1 is 0.938 bits per heavy atom. The zero-order valence-electron chi connectivity index (χ0n) is 17.6. The largest absolute Gasteiger partial charge is 0.478 e. The first-order chi connectivity index (χ1) is 15.4. The summed E-state index contributed by atoms with van der Waals surface area (Å²) >= 11 is 6.52. The Balaban J connectivity index is 1.93. The van der Waals surface area contributed by atoms with Crippen LogP contribution in [0.1, 0.15) is 48.5 Å². The molecule has 162 valence electrons. The van der Waals surface area contributed by atoms with E-state index in [1.54, 1.807) is 24.3 Å². The van der Waals surface area contributed by atoms with E-state index in [2.05, 4.69) is 6.07 Å². The maximum Gasteiger partial charge on any atom is 0.336 e. The van der Waals surface area contributed by atoms with Gasteiger partial charge in [0.2, 0.25) is 0 Å². The maximum absolute atomic E-state index is 12.1. The van der Waals surface area contributed by atoms with E-state index in [1.807, 2.05) is 31.2 Å². The summed E-state index contributed by atoms with van der Waals surface area (Å²) in [5.74, 6) is -1.38. The minimum absolute atomic E-state index is 0.0203. The molecule has 3 aromatic carbocycles. The third kappa shape index (κ3) is 5.35. The van der Waals surface area contributed by atoms with Gasteiger partial charge in [-0.15, -0.1) is 0 Å². The topological polar surface area (TPSA) is 87.4 Å². The quantitative estimate of drug-likeness (QED) is 0.235. The maximum atomic E-state index is 12.1. The minimum atomic E-state index is -1.13. The Kier molecular flexibility index (Phi) is 7.64. The van der Waals surface area contributed by atoms with Crippen molar-refractivity contribution < 1.29 is 19.4 Å². The van der Waals surface area contributed by atoms with Gasteiger partial charge in [-0.3, -0.25) is 4.79 Å². The average molecular weight is 448 g/mol. The number of aromatic carboxylic acids is 1. The molecular formula is C26H22ClNO4. The minimum Gasteiger partial charge on any atom is -0.478 e. The standard InChI is InChI=1S/C26H22ClNO4/c1-2-3-4-5-23(29)32-22-15-14-21(26(30)31)24(25(22)27)20-12-10-19(11-13-20)18-8-6-17(16-28)7-9-18/h6-15H,2-5H2,1H3,(H,30,31). The highest BCUT2D eigenvalue weighted by atomic mass is 35.5. The number of carboxylic acid groups (broad SMARTS) is 1. The molecule has 0 radical (unpaired) electrons. The summed E-state index contributed by atoms with van der Waals surface area (Å²) in [6, 6.07) is 19.3. The van der Waals surface area contributed by atoms with Crippen molar-refractivity contribution in [2.45, 2.75) is 32.6 Å². The number of ether oxygens (including phenoxy) is 1. The van der Waals surface area contributed by atoms with Gasteiger partial charge in [-0.2, -0.15) is 5.26 Å². The van der Waals surface area contributed by atoms with E-state index in [0.717, 1.165) is 30.4 Å². The lowest BCUT2D eigenvalue weighted by atomic mass is 9.96. The fourth-order valence-corrected chi connectivity index (χ4v) is 3.67. The number of nitrogens with zero attached hydrogens (tertiary/aromatic N) is 1. The monoisotopic (exact) mass is 447 g/mol. The van der Waals surface area contributed by atoms with Crippen LogP contribution in [0, 0.1) is 11.3 Å². The molecule has 6 heteroatoms. The van der Waals surface area contributed by atoms with Crippen molar-refractivity contribution in [2.24, 2.45) is 0 Å². The van der Waals surface area contributed by atoms with Crippen LogP contribution in [-0.2, 0) is 4.79 Å². The number of benzene rings is 3. The smallest absolute Gasteiger partial charge is 0.336 e. The van der Waals surface area contributed by atoms with Crippen LogP contribution in [0.2, 0.25) is 5.02 Å². The number of halogens is 1. The first-order valence-electron chi connectivity index (χ1n) is 10.3. The van der Waals surface area contributed by atoms with Gasteiger partial charge in [0.05, 0.1) is 22.2 Å². The number of carboxylic acids is 1. The molecule has 5 nitrogen and oxygen atoms in total. The summed E-state index contributed by atoms with van der Waals surface area (Å²) in [6.07, 6.45) is 2.92. The van der Waals surface area contributed by atoms with Crippen LogP contribution in [0.4, 0.5) is 0 Å². The molecule has 0 spiro atoms. The molecule has 0 saturated heterocycles. The molecule has 0 unspecified atom stereocenters. The van der Waals surface area contributed by atoms with E-state index >= 15 is 0 Å². The Bertz CT molecular complexity index is 1160. The highest BCUT2D eigenvalue weighted by Crippen LogP contribution is 2.39. The molecule has 0 aromatic heterocycles. The van der Waals surface area contributed by atoms with Crippen LogP contribution in [-0.4, -0.2) is 17.0 Å². The number of nitriles is 1. The van der Waals surface area contributed by atoms with E-state index < -0.39 is 11.9 Å². The molecule has 0 aliphatic heterocycles. The molecule has 0 fully saturated rings. The van der Waals surface area contributed by atoms with Gasteiger partial charge in [0.15, 0.2) is 0 Å². The molecule has 3 rings (SSSR count). The van der Waals surface area contributed by atoms with Crippen LogP contribution in [0.3, 0.4) is 0 Å². The van der Waals surface area contributed by atoms with Gasteiger partial charge >= 0.3 is 11.9 Å². The zero-order chi connectivity index (χ0) is 23.1. The van der Waals surface area contributed by atoms with Crippen molar-refractivity contribution in [3.05, 3.63) is 76.8 Å². The van der Waals surface area contributed by atoms with Crippen LogP contribution in [0.15, 0.2) is 60.7 Å². The molecule has 0 saturated carbocycles. The third-order valence-electron chi connectivity index (χ3n) is 5.07. The number of unbranched alkanes of at least 4 members (excludes halogenated alkanes) is 2. The molecule has 0 bridgehead atoms. The number of carbonyl (C=O) groups excluding carboxylic acids is 1. The highest BCUT2D eigenvalue weighted by Gasteiger charge is 2.20. The summed E-state index contributed by atoms with van der Waals surface area (Å²) in [7, 11) is 0. The SMILES string of the molecule is CCCCCC(=O)Oc1ccc(C(=O)O)c(-c2ccc(-c3ccc(C#N)cc3)cc2)c1Cl. The van der Waals surface area contributed by atoms with Crippen molar-refractivity contribution in [3.8, 4) is 34.1 Å². The van der Waals surface area contributed by atoms with Crippen molar-refractivity contribution in [1.29, 1.82) is 5.26 Å². The summed E-state index contributed by atoms with van der Waals surface area (Å²) in [5.41, 5.74) is 3.31. The molecule has 32 heavy (non-hydrogen) atoms. The van der Waals surface area contributed by atoms with Gasteiger partial charge in [-0.25, -0.2) is 4.79 Å².